The Labute approximate surface area is 168 Å². The van der Waals surface area contributed by atoms with Gasteiger partial charge in [0, 0.05) is 19.7 Å². The molecule has 0 radical (unpaired) electrons. The minimum absolute atomic E-state index is 0.0440. The van der Waals surface area contributed by atoms with Crippen LogP contribution in [0, 0.1) is 0 Å². The van der Waals surface area contributed by atoms with Crippen LogP contribution in [0.25, 0.3) is 0 Å². The molecule has 2 aromatic carbocycles. The van der Waals surface area contributed by atoms with E-state index in [0.29, 0.717) is 5.56 Å². The molecule has 29 heavy (non-hydrogen) atoms. The molecule has 0 saturated carbocycles. The van der Waals surface area contributed by atoms with Crippen LogP contribution in [0.4, 0.5) is 0 Å². The highest BCUT2D eigenvalue weighted by Crippen LogP contribution is 2.15. The first kappa shape index (κ1) is 22.1. The van der Waals surface area contributed by atoms with Crippen molar-refractivity contribution in [2.45, 2.75) is 10.9 Å². The van der Waals surface area contributed by atoms with Gasteiger partial charge in [0.25, 0.3) is 5.91 Å². The fourth-order valence-electron chi connectivity index (χ4n) is 2.45. The molecule has 0 fully saturated rings. The number of carbonyl (C=O) groups is 3. The maximum absolute atomic E-state index is 12.3. The average molecular weight is 418 g/mol. The summed E-state index contributed by atoms with van der Waals surface area (Å²) in [6, 6.07) is 12.9. The van der Waals surface area contributed by atoms with Crippen molar-refractivity contribution < 1.29 is 22.8 Å². The van der Waals surface area contributed by atoms with E-state index in [-0.39, 0.29) is 10.5 Å². The molecule has 0 spiro atoms. The van der Waals surface area contributed by atoms with Gasteiger partial charge in [0.15, 0.2) is 0 Å². The average Bonchev–Trinajstić information content (AvgIpc) is 2.70. The zero-order valence-electron chi connectivity index (χ0n) is 16.0. The Bertz CT molecular complexity index is 1010. The minimum atomic E-state index is -3.70. The molecule has 0 aliphatic rings. The van der Waals surface area contributed by atoms with Gasteiger partial charge < -0.3 is 16.4 Å². The lowest BCUT2D eigenvalue weighted by Gasteiger charge is -2.16. The van der Waals surface area contributed by atoms with Crippen LogP contribution < -0.4 is 16.4 Å². The van der Waals surface area contributed by atoms with Crippen molar-refractivity contribution >= 4 is 27.7 Å². The van der Waals surface area contributed by atoms with Crippen LogP contribution in [0.15, 0.2) is 59.5 Å². The van der Waals surface area contributed by atoms with E-state index in [9.17, 15) is 22.8 Å². The first-order valence-corrected chi connectivity index (χ1v) is 10.0. The number of amides is 3. The Morgan fingerprint density at radius 1 is 1.03 bits per heavy atom. The molecule has 0 aliphatic heterocycles. The number of primary amides is 1. The molecule has 2 aromatic rings. The quantitative estimate of drug-likeness (QED) is 0.554. The third-order valence-corrected chi connectivity index (χ3v) is 5.82. The van der Waals surface area contributed by atoms with Crippen LogP contribution in [0.5, 0.6) is 0 Å². The van der Waals surface area contributed by atoms with E-state index < -0.39 is 40.3 Å². The maximum atomic E-state index is 12.3. The molecule has 10 heteroatoms. The number of sulfonamides is 1. The monoisotopic (exact) mass is 418 g/mol. The molecule has 0 bridgehead atoms. The topological polar surface area (TPSA) is 139 Å². The van der Waals surface area contributed by atoms with E-state index in [1.165, 1.54) is 38.4 Å². The third-order valence-electron chi connectivity index (χ3n) is 4.01. The van der Waals surface area contributed by atoms with Crippen LogP contribution >= 0.6 is 0 Å². The molecule has 2 rings (SSSR count). The third kappa shape index (κ3) is 5.62. The van der Waals surface area contributed by atoms with Gasteiger partial charge in [-0.2, -0.15) is 0 Å². The van der Waals surface area contributed by atoms with E-state index in [1.54, 1.807) is 30.3 Å². The standard InChI is InChI=1S/C19H22N4O5S/c1-23(2)29(27,28)15-10-6-9-14(11-15)19(26)21-12-16(24)22-17(18(20)25)13-7-4-3-5-8-13/h3-11,17H,12H2,1-2H3,(H2,20,25)(H,21,26)(H,22,24). The van der Waals surface area contributed by atoms with Crippen LogP contribution in [0.2, 0.25) is 0 Å². The van der Waals surface area contributed by atoms with Gasteiger partial charge in [-0.25, -0.2) is 12.7 Å². The van der Waals surface area contributed by atoms with E-state index >= 15 is 0 Å². The zero-order valence-corrected chi connectivity index (χ0v) is 16.8. The van der Waals surface area contributed by atoms with Gasteiger partial charge in [-0.1, -0.05) is 36.4 Å². The summed E-state index contributed by atoms with van der Waals surface area (Å²) < 4.78 is 25.4. The fourth-order valence-corrected chi connectivity index (χ4v) is 3.40. The second-order valence-corrected chi connectivity index (χ2v) is 8.46. The van der Waals surface area contributed by atoms with E-state index in [1.807, 2.05) is 0 Å². The smallest absolute Gasteiger partial charge is 0.251 e. The number of nitrogens with one attached hydrogen (secondary N) is 2. The van der Waals surface area contributed by atoms with Crippen molar-refractivity contribution in [2.75, 3.05) is 20.6 Å². The first-order valence-electron chi connectivity index (χ1n) is 8.57. The predicted octanol–water partition coefficient (Wildman–Crippen LogP) is 0.00950. The van der Waals surface area contributed by atoms with Crippen molar-refractivity contribution in [3.8, 4) is 0 Å². The molecule has 0 heterocycles. The highest BCUT2D eigenvalue weighted by atomic mass is 32.2. The Balaban J connectivity index is 2.03. The number of benzene rings is 2. The fraction of sp³-hybridized carbons (Fsp3) is 0.211. The normalized spacial score (nSPS) is 12.2. The van der Waals surface area contributed by atoms with Crippen LogP contribution in [-0.2, 0) is 19.6 Å². The SMILES string of the molecule is CN(C)S(=O)(=O)c1cccc(C(=O)NCC(=O)NC(C(N)=O)c2ccccc2)c1. The van der Waals surface area contributed by atoms with E-state index in [2.05, 4.69) is 10.6 Å². The summed E-state index contributed by atoms with van der Waals surface area (Å²) >= 11 is 0. The summed E-state index contributed by atoms with van der Waals surface area (Å²) in [4.78, 5) is 36.0. The largest absolute Gasteiger partial charge is 0.368 e. The van der Waals surface area contributed by atoms with Gasteiger partial charge >= 0.3 is 0 Å². The second-order valence-electron chi connectivity index (χ2n) is 6.31. The Morgan fingerprint density at radius 3 is 2.28 bits per heavy atom. The number of nitrogens with zero attached hydrogens (tertiary/aromatic N) is 1. The van der Waals surface area contributed by atoms with E-state index in [4.69, 9.17) is 5.73 Å². The highest BCUT2D eigenvalue weighted by molar-refractivity contribution is 7.89. The lowest BCUT2D eigenvalue weighted by Crippen LogP contribution is -2.42. The summed E-state index contributed by atoms with van der Waals surface area (Å²) in [5.74, 6) is -1.99. The minimum Gasteiger partial charge on any atom is -0.368 e. The number of nitrogens with two attached hydrogens (primary N) is 1. The molecule has 0 aliphatic carbocycles. The molecule has 0 aromatic heterocycles. The van der Waals surface area contributed by atoms with Gasteiger partial charge in [-0.3, -0.25) is 14.4 Å². The molecule has 154 valence electrons. The van der Waals surface area contributed by atoms with Crippen molar-refractivity contribution in [1.29, 1.82) is 0 Å². The van der Waals surface area contributed by atoms with Crippen LogP contribution in [0.1, 0.15) is 22.0 Å². The second kappa shape index (κ2) is 9.30. The van der Waals surface area contributed by atoms with Gasteiger partial charge in [0.1, 0.15) is 6.04 Å². The first-order chi connectivity index (χ1) is 13.6. The van der Waals surface area contributed by atoms with Gasteiger partial charge in [0.2, 0.25) is 21.8 Å². The summed E-state index contributed by atoms with van der Waals surface area (Å²) in [6.07, 6.45) is 0. The van der Waals surface area contributed by atoms with Crippen molar-refractivity contribution in [3.63, 3.8) is 0 Å². The molecular formula is C19H22N4O5S. The Hall–Kier alpha value is -3.24. The zero-order chi connectivity index (χ0) is 21.6. The van der Waals surface area contributed by atoms with Crippen LogP contribution in [0.3, 0.4) is 0 Å². The number of hydrogen-bond acceptors (Lipinski definition) is 5. The van der Waals surface area contributed by atoms with Crippen molar-refractivity contribution in [1.82, 2.24) is 14.9 Å². The van der Waals surface area contributed by atoms with Crippen LogP contribution in [-0.4, -0.2) is 51.1 Å². The van der Waals surface area contributed by atoms with E-state index in [0.717, 1.165) is 4.31 Å². The maximum Gasteiger partial charge on any atom is 0.251 e. The predicted molar refractivity (Wildman–Crippen MR) is 106 cm³/mol. The number of rotatable bonds is 8. The molecule has 3 amide bonds. The summed E-state index contributed by atoms with van der Waals surface area (Å²) in [5.41, 5.74) is 5.94. The summed E-state index contributed by atoms with van der Waals surface area (Å²) in [7, 11) is -0.931. The van der Waals surface area contributed by atoms with Gasteiger partial charge in [0.05, 0.1) is 11.4 Å². The molecule has 1 atom stereocenters. The number of carbonyl (C=O) groups excluding carboxylic acids is 3. The van der Waals surface area contributed by atoms with Gasteiger partial charge in [-0.15, -0.1) is 0 Å². The Morgan fingerprint density at radius 2 is 1.69 bits per heavy atom. The highest BCUT2D eigenvalue weighted by Gasteiger charge is 2.21. The van der Waals surface area contributed by atoms with Crippen molar-refractivity contribution in [3.05, 3.63) is 65.7 Å². The molecule has 1 unspecified atom stereocenters. The molecule has 0 saturated heterocycles. The molecule has 4 N–H and O–H groups in total. The lowest BCUT2D eigenvalue weighted by atomic mass is 10.1. The molecular weight excluding hydrogens is 396 g/mol. The van der Waals surface area contributed by atoms with Gasteiger partial charge in [-0.05, 0) is 23.8 Å². The van der Waals surface area contributed by atoms with Crippen molar-refractivity contribution in [2.24, 2.45) is 5.73 Å². The lowest BCUT2D eigenvalue weighted by molar-refractivity contribution is -0.126. The summed E-state index contributed by atoms with van der Waals surface area (Å²) in [5, 5.41) is 4.85. The summed E-state index contributed by atoms with van der Waals surface area (Å²) in [6.45, 7) is -0.417. The Kier molecular flexibility index (Phi) is 7.08. The molecule has 9 nitrogen and oxygen atoms in total. The number of hydrogen-bond donors (Lipinski definition) is 3.